The van der Waals surface area contributed by atoms with E-state index >= 15 is 0 Å². The number of para-hydroxylation sites is 1. The Hall–Kier alpha value is -3.26. The number of hydrogen-bond acceptors (Lipinski definition) is 5. The van der Waals surface area contributed by atoms with Crippen molar-refractivity contribution in [3.8, 4) is 0 Å². The van der Waals surface area contributed by atoms with Gasteiger partial charge in [-0.1, -0.05) is 36.3 Å². The molecule has 5 rings (SSSR count). The van der Waals surface area contributed by atoms with Gasteiger partial charge in [-0.25, -0.2) is 10.5 Å². The summed E-state index contributed by atoms with van der Waals surface area (Å²) in [6.45, 7) is 0.548. The Bertz CT molecular complexity index is 1110. The van der Waals surface area contributed by atoms with E-state index in [1.165, 1.54) is 0 Å². The molecule has 1 aromatic heterocycles. The molecule has 0 bridgehead atoms. The van der Waals surface area contributed by atoms with Gasteiger partial charge in [0.1, 0.15) is 5.52 Å². The van der Waals surface area contributed by atoms with Crippen molar-refractivity contribution in [3.05, 3.63) is 59.2 Å². The minimum atomic E-state index is -0.399. The van der Waals surface area contributed by atoms with Crippen molar-refractivity contribution in [1.82, 2.24) is 25.3 Å². The molecule has 1 saturated carbocycles. The highest BCUT2D eigenvalue weighted by atomic mass is 16.2. The maximum absolute atomic E-state index is 13.3. The Morgan fingerprint density at radius 1 is 1.10 bits per heavy atom. The van der Waals surface area contributed by atoms with Gasteiger partial charge in [-0.05, 0) is 42.7 Å². The summed E-state index contributed by atoms with van der Waals surface area (Å²) in [5, 5.41) is 8.73. The minimum Gasteiger partial charge on any atom is -0.329 e. The highest BCUT2D eigenvalue weighted by molar-refractivity contribution is 6.02. The van der Waals surface area contributed by atoms with Crippen LogP contribution in [0.15, 0.2) is 42.5 Å². The van der Waals surface area contributed by atoms with E-state index in [0.29, 0.717) is 17.7 Å². The first-order valence-electron chi connectivity index (χ1n) is 9.92. The number of fused-ring (bicyclic) bond motifs is 2. The van der Waals surface area contributed by atoms with Crippen molar-refractivity contribution in [2.45, 2.75) is 44.3 Å². The van der Waals surface area contributed by atoms with Crippen molar-refractivity contribution in [2.24, 2.45) is 5.84 Å². The predicted molar refractivity (Wildman–Crippen MR) is 107 cm³/mol. The van der Waals surface area contributed by atoms with Crippen LogP contribution in [0.25, 0.3) is 11.0 Å². The highest BCUT2D eigenvalue weighted by Crippen LogP contribution is 2.37. The third-order valence-electron chi connectivity index (χ3n) is 6.12. The van der Waals surface area contributed by atoms with Crippen LogP contribution >= 0.6 is 0 Å². The number of benzene rings is 2. The zero-order chi connectivity index (χ0) is 20.0. The summed E-state index contributed by atoms with van der Waals surface area (Å²) in [7, 11) is 0. The van der Waals surface area contributed by atoms with Gasteiger partial charge in [-0.2, -0.15) is 0 Å². The van der Waals surface area contributed by atoms with Gasteiger partial charge in [0, 0.05) is 17.7 Å². The van der Waals surface area contributed by atoms with E-state index in [2.05, 4.69) is 15.7 Å². The van der Waals surface area contributed by atoms with Gasteiger partial charge in [0.15, 0.2) is 0 Å². The standard InChI is InChI=1S/C21H22N6O2/c22-23-20(28)13-9-10-14-12-26(21(29)15(14)11-13)18-7-3-4-8-19(18)27-17-6-2-1-5-16(17)24-25-27/h1-2,5-6,9-11,18-19H,3-4,7-8,12,22H2,(H,23,28)/t18-,19-/m1/s1. The second-order valence-electron chi connectivity index (χ2n) is 7.72. The first-order valence-corrected chi connectivity index (χ1v) is 9.92. The molecule has 3 aromatic rings. The smallest absolute Gasteiger partial charge is 0.265 e. The fraction of sp³-hybridized carbons (Fsp3) is 0.333. The molecule has 29 heavy (non-hydrogen) atoms. The number of rotatable bonds is 3. The fourth-order valence-electron chi connectivity index (χ4n) is 4.69. The molecule has 8 heteroatoms. The molecule has 1 aliphatic carbocycles. The Labute approximate surface area is 167 Å². The first kappa shape index (κ1) is 17.8. The molecular weight excluding hydrogens is 368 g/mol. The SMILES string of the molecule is NNC(=O)c1ccc2c(c1)C(=O)N([C@@H]1CCCC[C@H]1n1nnc3ccccc31)C2. The maximum atomic E-state index is 13.3. The molecule has 2 atom stereocenters. The zero-order valence-electron chi connectivity index (χ0n) is 15.9. The van der Waals surface area contributed by atoms with Crippen LogP contribution in [0, 0.1) is 0 Å². The number of carbonyl (C=O) groups excluding carboxylic acids is 2. The van der Waals surface area contributed by atoms with E-state index in [1.54, 1.807) is 12.1 Å². The predicted octanol–water partition coefficient (Wildman–Crippen LogP) is 2.17. The van der Waals surface area contributed by atoms with Crippen LogP contribution in [0.3, 0.4) is 0 Å². The minimum absolute atomic E-state index is 0.0343. The number of hydrazine groups is 1. The summed E-state index contributed by atoms with van der Waals surface area (Å²) in [5.41, 5.74) is 5.90. The number of nitrogens with zero attached hydrogens (tertiary/aromatic N) is 4. The first-order chi connectivity index (χ1) is 14.2. The van der Waals surface area contributed by atoms with Gasteiger partial charge in [-0.15, -0.1) is 5.10 Å². The Morgan fingerprint density at radius 3 is 2.72 bits per heavy atom. The van der Waals surface area contributed by atoms with Crippen LogP contribution in [0.1, 0.15) is 58.0 Å². The lowest BCUT2D eigenvalue weighted by molar-refractivity contribution is 0.0561. The molecule has 1 fully saturated rings. The summed E-state index contributed by atoms with van der Waals surface area (Å²) in [4.78, 5) is 27.1. The van der Waals surface area contributed by atoms with E-state index in [-0.39, 0.29) is 18.0 Å². The quantitative estimate of drug-likeness (QED) is 0.405. The van der Waals surface area contributed by atoms with E-state index in [9.17, 15) is 9.59 Å². The molecule has 8 nitrogen and oxygen atoms in total. The molecule has 0 radical (unpaired) electrons. The lowest BCUT2D eigenvalue weighted by Crippen LogP contribution is -2.43. The van der Waals surface area contributed by atoms with Crippen LogP contribution in [0.4, 0.5) is 0 Å². The van der Waals surface area contributed by atoms with Gasteiger partial charge in [0.2, 0.25) is 0 Å². The van der Waals surface area contributed by atoms with Crippen molar-refractivity contribution in [1.29, 1.82) is 0 Å². The summed E-state index contributed by atoms with van der Waals surface area (Å²) >= 11 is 0. The molecule has 2 aromatic carbocycles. The molecule has 2 heterocycles. The lowest BCUT2D eigenvalue weighted by Gasteiger charge is -2.38. The van der Waals surface area contributed by atoms with E-state index in [0.717, 1.165) is 42.3 Å². The van der Waals surface area contributed by atoms with Gasteiger partial charge in [-0.3, -0.25) is 15.0 Å². The van der Waals surface area contributed by atoms with E-state index < -0.39 is 5.91 Å². The van der Waals surface area contributed by atoms with Crippen LogP contribution < -0.4 is 11.3 Å². The number of nitrogen functional groups attached to an aromatic ring is 1. The van der Waals surface area contributed by atoms with Crippen molar-refractivity contribution < 1.29 is 9.59 Å². The molecule has 0 unspecified atom stereocenters. The highest BCUT2D eigenvalue weighted by Gasteiger charge is 2.39. The van der Waals surface area contributed by atoms with Crippen LogP contribution in [-0.4, -0.2) is 37.7 Å². The number of amides is 2. The normalized spacial score (nSPS) is 21.4. The molecule has 1 aliphatic heterocycles. The fourth-order valence-corrected chi connectivity index (χ4v) is 4.69. The van der Waals surface area contributed by atoms with Gasteiger partial charge in [0.25, 0.3) is 11.8 Å². The second-order valence-corrected chi connectivity index (χ2v) is 7.72. The maximum Gasteiger partial charge on any atom is 0.265 e. The molecule has 0 spiro atoms. The Balaban J connectivity index is 1.49. The number of nitrogens with two attached hydrogens (primary N) is 1. The molecule has 3 N–H and O–H groups in total. The van der Waals surface area contributed by atoms with Crippen LogP contribution in [0.2, 0.25) is 0 Å². The number of hydrogen-bond donors (Lipinski definition) is 2. The van der Waals surface area contributed by atoms with Gasteiger partial charge >= 0.3 is 0 Å². The van der Waals surface area contributed by atoms with Crippen LogP contribution in [-0.2, 0) is 6.54 Å². The lowest BCUT2D eigenvalue weighted by atomic mass is 9.89. The van der Waals surface area contributed by atoms with Gasteiger partial charge < -0.3 is 4.90 Å². The average Bonchev–Trinajstić information content (AvgIpc) is 3.34. The van der Waals surface area contributed by atoms with E-state index in [1.807, 2.05) is 39.9 Å². The molecule has 2 aliphatic rings. The Kier molecular flexibility index (Phi) is 4.28. The molecule has 2 amide bonds. The average molecular weight is 390 g/mol. The summed E-state index contributed by atoms with van der Waals surface area (Å²) in [6.07, 6.45) is 4.06. The zero-order valence-corrected chi connectivity index (χ0v) is 15.9. The Morgan fingerprint density at radius 2 is 1.90 bits per heavy atom. The third kappa shape index (κ3) is 2.87. The summed E-state index contributed by atoms with van der Waals surface area (Å²) in [5.74, 6) is 4.80. The van der Waals surface area contributed by atoms with Crippen LogP contribution in [0.5, 0.6) is 0 Å². The van der Waals surface area contributed by atoms with Crippen molar-refractivity contribution in [3.63, 3.8) is 0 Å². The van der Waals surface area contributed by atoms with Crippen molar-refractivity contribution in [2.75, 3.05) is 0 Å². The third-order valence-corrected chi connectivity index (χ3v) is 6.12. The molecular formula is C21H22N6O2. The number of carbonyl (C=O) groups is 2. The summed E-state index contributed by atoms with van der Waals surface area (Å²) < 4.78 is 1.99. The largest absolute Gasteiger partial charge is 0.329 e. The number of nitrogens with one attached hydrogen (secondary N) is 1. The monoisotopic (exact) mass is 390 g/mol. The molecule has 0 saturated heterocycles. The van der Waals surface area contributed by atoms with Crippen molar-refractivity contribution >= 4 is 22.8 Å². The second kappa shape index (κ2) is 6.97. The number of aromatic nitrogens is 3. The topological polar surface area (TPSA) is 106 Å². The van der Waals surface area contributed by atoms with Gasteiger partial charge in [0.05, 0.1) is 17.6 Å². The van der Waals surface area contributed by atoms with E-state index in [4.69, 9.17) is 5.84 Å². The molecule has 148 valence electrons. The summed E-state index contributed by atoms with van der Waals surface area (Å²) in [6, 6.07) is 13.2.